The molecule has 0 aliphatic heterocycles. The van der Waals surface area contributed by atoms with Gasteiger partial charge in [-0.25, -0.2) is 9.59 Å². The van der Waals surface area contributed by atoms with Gasteiger partial charge in [0.2, 0.25) is 5.91 Å². The van der Waals surface area contributed by atoms with Crippen molar-refractivity contribution in [3.63, 3.8) is 0 Å². The van der Waals surface area contributed by atoms with Crippen molar-refractivity contribution in [3.8, 4) is 0 Å². The maximum Gasteiger partial charge on any atom is 0.342 e. The number of unbranched alkanes of at least 4 members (excludes halogenated alkanes) is 17. The second kappa shape index (κ2) is 38.2. The molecule has 0 radical (unpaired) electrons. The Hall–Kier alpha value is -1.71. The summed E-state index contributed by atoms with van der Waals surface area (Å²) in [5, 5.41) is 0. The standard InChI is InChI=1S/C45H88N2O7/c1-8-13-14-15-16-17-21-26-33-40(34-27-22-20-24-29-37-45(50)54-52-42(11-4)12-5)47(43(48)35-30-32-38-46(6)7)39-31-25-19-18-23-28-36-44(49)53-51-41(9-2)10-3/h40-42H,8-39H2,1-7H3. The molecule has 0 rings (SSSR count). The van der Waals surface area contributed by atoms with E-state index in [9.17, 15) is 14.4 Å². The first kappa shape index (κ1) is 52.3. The molecule has 0 aromatic rings. The molecule has 0 N–H and O–H groups in total. The van der Waals surface area contributed by atoms with Crippen molar-refractivity contribution in [3.05, 3.63) is 0 Å². The normalized spacial score (nSPS) is 12.2. The molecule has 0 aromatic heterocycles. The van der Waals surface area contributed by atoms with Crippen LogP contribution in [0, 0.1) is 0 Å². The van der Waals surface area contributed by atoms with Gasteiger partial charge in [-0.2, -0.15) is 9.78 Å². The predicted molar refractivity (Wildman–Crippen MR) is 223 cm³/mol. The summed E-state index contributed by atoms with van der Waals surface area (Å²) in [5.74, 6) is -0.205. The molecule has 0 saturated carbocycles. The highest BCUT2D eigenvalue weighted by Gasteiger charge is 2.23. The molecular formula is C45H88N2O7. The van der Waals surface area contributed by atoms with Gasteiger partial charge in [0.15, 0.2) is 0 Å². The molecule has 0 fully saturated rings. The minimum Gasteiger partial charge on any atom is -0.340 e. The summed E-state index contributed by atoms with van der Waals surface area (Å²) in [6.45, 7) is 12.2. The van der Waals surface area contributed by atoms with Crippen LogP contribution in [0.5, 0.6) is 0 Å². The summed E-state index contributed by atoms with van der Waals surface area (Å²) in [7, 11) is 4.19. The Kier molecular flexibility index (Phi) is 37.0. The number of nitrogens with zero attached hydrogens (tertiary/aromatic N) is 2. The van der Waals surface area contributed by atoms with Gasteiger partial charge in [0.1, 0.15) is 12.2 Å². The van der Waals surface area contributed by atoms with Crippen molar-refractivity contribution in [2.24, 2.45) is 0 Å². The highest BCUT2D eigenvalue weighted by atomic mass is 17.2. The highest BCUT2D eigenvalue weighted by molar-refractivity contribution is 5.76. The van der Waals surface area contributed by atoms with Crippen LogP contribution in [0.25, 0.3) is 0 Å². The molecule has 0 heterocycles. The van der Waals surface area contributed by atoms with Gasteiger partial charge in [-0.3, -0.25) is 14.6 Å². The summed E-state index contributed by atoms with van der Waals surface area (Å²) >= 11 is 0. The predicted octanol–water partition coefficient (Wildman–Crippen LogP) is 12.2. The zero-order valence-corrected chi connectivity index (χ0v) is 36.6. The summed E-state index contributed by atoms with van der Waals surface area (Å²) in [5.41, 5.74) is 0. The van der Waals surface area contributed by atoms with E-state index in [-0.39, 0.29) is 24.1 Å². The molecule has 1 amide bonds. The maximum absolute atomic E-state index is 13.8. The molecule has 0 bridgehead atoms. The van der Waals surface area contributed by atoms with E-state index < -0.39 is 0 Å². The molecule has 0 saturated heterocycles. The third kappa shape index (κ3) is 31.5. The number of amides is 1. The number of hydrogen-bond donors (Lipinski definition) is 0. The van der Waals surface area contributed by atoms with Crippen LogP contribution >= 0.6 is 0 Å². The molecule has 320 valence electrons. The Labute approximate surface area is 333 Å². The first-order valence-corrected chi connectivity index (χ1v) is 22.9. The van der Waals surface area contributed by atoms with E-state index in [1.807, 2.05) is 27.7 Å². The number of carbonyl (C=O) groups is 3. The van der Waals surface area contributed by atoms with Gasteiger partial charge in [-0.15, -0.1) is 0 Å². The Bertz CT molecular complexity index is 863. The lowest BCUT2D eigenvalue weighted by molar-refractivity contribution is -0.299. The molecule has 9 heteroatoms. The van der Waals surface area contributed by atoms with E-state index in [4.69, 9.17) is 19.6 Å². The lowest BCUT2D eigenvalue weighted by Crippen LogP contribution is -2.41. The summed E-state index contributed by atoms with van der Waals surface area (Å²) < 4.78 is 0. The van der Waals surface area contributed by atoms with Crippen LogP contribution in [0.15, 0.2) is 0 Å². The quantitative estimate of drug-likeness (QED) is 0.0345. The molecule has 1 unspecified atom stereocenters. The monoisotopic (exact) mass is 769 g/mol. The summed E-state index contributed by atoms with van der Waals surface area (Å²) in [6, 6.07) is 0.303. The first-order chi connectivity index (χ1) is 26.2. The fraction of sp³-hybridized carbons (Fsp3) is 0.933. The SMILES string of the molecule is CCCCCCCCCCC(CCCCCCCC(=O)OOC(CC)CC)N(CCCCCCCCC(=O)OOC(CC)CC)C(=O)CCCCN(C)C. The van der Waals surface area contributed by atoms with Gasteiger partial charge in [0.25, 0.3) is 0 Å². The largest absolute Gasteiger partial charge is 0.342 e. The van der Waals surface area contributed by atoms with Crippen LogP contribution in [-0.2, 0) is 33.9 Å². The van der Waals surface area contributed by atoms with Crippen LogP contribution in [-0.4, -0.2) is 73.1 Å². The third-order valence-corrected chi connectivity index (χ3v) is 10.7. The molecule has 0 aromatic carbocycles. The fourth-order valence-electron chi connectivity index (χ4n) is 6.94. The molecule has 54 heavy (non-hydrogen) atoms. The average molecular weight is 769 g/mol. The van der Waals surface area contributed by atoms with Gasteiger partial charge in [-0.1, -0.05) is 137 Å². The molecule has 9 nitrogen and oxygen atoms in total. The molecule has 0 aliphatic carbocycles. The van der Waals surface area contributed by atoms with E-state index in [0.29, 0.717) is 31.2 Å². The van der Waals surface area contributed by atoms with Gasteiger partial charge >= 0.3 is 11.9 Å². The summed E-state index contributed by atoms with van der Waals surface area (Å²) in [6.07, 6.45) is 30.5. The Morgan fingerprint density at radius 3 is 1.24 bits per heavy atom. The van der Waals surface area contributed by atoms with Crippen molar-refractivity contribution in [1.29, 1.82) is 0 Å². The molecule has 1 atom stereocenters. The lowest BCUT2D eigenvalue weighted by Gasteiger charge is -2.33. The smallest absolute Gasteiger partial charge is 0.340 e. The maximum atomic E-state index is 13.8. The first-order valence-electron chi connectivity index (χ1n) is 22.9. The van der Waals surface area contributed by atoms with Gasteiger partial charge in [0.05, 0.1) is 0 Å². The van der Waals surface area contributed by atoms with E-state index in [1.54, 1.807) is 0 Å². The minimum absolute atomic E-state index is 0.0210. The Morgan fingerprint density at radius 1 is 0.444 bits per heavy atom. The van der Waals surface area contributed by atoms with Crippen LogP contribution in [0.2, 0.25) is 0 Å². The van der Waals surface area contributed by atoms with E-state index in [2.05, 4.69) is 30.8 Å². The van der Waals surface area contributed by atoms with Crippen molar-refractivity contribution in [2.45, 2.75) is 245 Å². The van der Waals surface area contributed by atoms with E-state index in [1.165, 1.54) is 51.4 Å². The number of rotatable bonds is 40. The summed E-state index contributed by atoms with van der Waals surface area (Å²) in [4.78, 5) is 62.9. The Balaban J connectivity index is 5.04. The fourth-order valence-corrected chi connectivity index (χ4v) is 6.94. The van der Waals surface area contributed by atoms with Crippen molar-refractivity contribution in [1.82, 2.24) is 9.80 Å². The van der Waals surface area contributed by atoms with Crippen LogP contribution in [0.1, 0.15) is 227 Å². The number of carbonyl (C=O) groups excluding carboxylic acids is 3. The number of hydrogen-bond acceptors (Lipinski definition) is 8. The van der Waals surface area contributed by atoms with Gasteiger partial charge in [0, 0.05) is 31.8 Å². The van der Waals surface area contributed by atoms with Crippen LogP contribution in [0.4, 0.5) is 0 Å². The zero-order valence-electron chi connectivity index (χ0n) is 36.6. The molecular weight excluding hydrogens is 681 g/mol. The van der Waals surface area contributed by atoms with Gasteiger partial charge in [-0.05, 0) is 91.3 Å². The zero-order chi connectivity index (χ0) is 40.1. The average Bonchev–Trinajstić information content (AvgIpc) is 3.16. The van der Waals surface area contributed by atoms with E-state index >= 15 is 0 Å². The van der Waals surface area contributed by atoms with Crippen LogP contribution < -0.4 is 0 Å². The lowest BCUT2D eigenvalue weighted by atomic mass is 9.97. The molecule has 0 aliphatic rings. The third-order valence-electron chi connectivity index (χ3n) is 10.7. The second-order valence-corrected chi connectivity index (χ2v) is 15.9. The van der Waals surface area contributed by atoms with Crippen molar-refractivity contribution >= 4 is 17.8 Å². The van der Waals surface area contributed by atoms with Crippen molar-refractivity contribution in [2.75, 3.05) is 27.2 Å². The van der Waals surface area contributed by atoms with Crippen molar-refractivity contribution < 1.29 is 33.9 Å². The molecule has 0 spiro atoms. The second-order valence-electron chi connectivity index (χ2n) is 15.9. The van der Waals surface area contributed by atoms with Crippen LogP contribution in [0.3, 0.4) is 0 Å². The van der Waals surface area contributed by atoms with Gasteiger partial charge < -0.3 is 9.80 Å². The minimum atomic E-state index is -0.271. The Morgan fingerprint density at radius 2 is 0.815 bits per heavy atom. The van der Waals surface area contributed by atoms with E-state index in [0.717, 1.165) is 135 Å². The topological polar surface area (TPSA) is 94.6 Å². The highest BCUT2D eigenvalue weighted by Crippen LogP contribution is 2.22.